The van der Waals surface area contributed by atoms with Gasteiger partial charge in [-0.25, -0.2) is 4.99 Å². The fourth-order valence-corrected chi connectivity index (χ4v) is 6.46. The number of carboxylic acid groups (broad SMARTS) is 1. The van der Waals surface area contributed by atoms with Crippen molar-refractivity contribution in [1.29, 1.82) is 0 Å². The second-order valence-corrected chi connectivity index (χ2v) is 11.8. The molecule has 1 unspecified atom stereocenters. The summed E-state index contributed by atoms with van der Waals surface area (Å²) in [6, 6.07) is -0.205. The number of carboxylic acids is 1. The first-order valence-corrected chi connectivity index (χ1v) is 15.2. The zero-order valence-electron chi connectivity index (χ0n) is 25.9. The molecule has 1 fully saturated rings. The lowest BCUT2D eigenvalue weighted by atomic mass is 9.91. The molecule has 3 aliphatic rings. The van der Waals surface area contributed by atoms with E-state index in [2.05, 4.69) is 27.5 Å². The summed E-state index contributed by atoms with van der Waals surface area (Å²) in [6.45, 7) is 11.8. The number of aromatic amines is 1. The van der Waals surface area contributed by atoms with Gasteiger partial charge in [0.05, 0.1) is 11.8 Å². The predicted molar refractivity (Wildman–Crippen MR) is 165 cm³/mol. The first-order valence-electron chi connectivity index (χ1n) is 15.2. The minimum atomic E-state index is -1.46. The highest BCUT2D eigenvalue weighted by Crippen LogP contribution is 2.35. The van der Waals surface area contributed by atoms with E-state index in [-0.39, 0.29) is 42.5 Å². The van der Waals surface area contributed by atoms with Gasteiger partial charge in [0.25, 0.3) is 5.91 Å². The second kappa shape index (κ2) is 13.3. The molecule has 4 heterocycles. The number of rotatable bonds is 12. The lowest BCUT2D eigenvalue weighted by Gasteiger charge is -2.15. The van der Waals surface area contributed by atoms with Crippen LogP contribution in [0.25, 0.3) is 6.08 Å². The number of aliphatic hydroxyl groups is 2. The normalized spacial score (nSPS) is 24.2. The van der Waals surface area contributed by atoms with Gasteiger partial charge in [-0.3, -0.25) is 14.4 Å². The van der Waals surface area contributed by atoms with E-state index in [1.165, 1.54) is 0 Å². The Morgan fingerprint density at radius 1 is 1.09 bits per heavy atom. The van der Waals surface area contributed by atoms with E-state index in [1.807, 2.05) is 46.8 Å². The quantitative estimate of drug-likeness (QED) is 0.200. The number of hydrogen-bond acceptors (Lipinski definition) is 6. The number of aliphatic hydroxyl groups excluding tert-OH is 1. The highest BCUT2D eigenvalue weighted by Gasteiger charge is 2.35. The van der Waals surface area contributed by atoms with Crippen LogP contribution in [-0.2, 0) is 27.2 Å². The van der Waals surface area contributed by atoms with Gasteiger partial charge in [-0.05, 0) is 86.5 Å². The van der Waals surface area contributed by atoms with Crippen LogP contribution in [0, 0.1) is 18.8 Å². The van der Waals surface area contributed by atoms with E-state index in [9.17, 15) is 29.7 Å². The Morgan fingerprint density at radius 2 is 1.81 bits per heavy atom. The lowest BCUT2D eigenvalue weighted by molar-refractivity contribution is -0.137. The molecule has 232 valence electrons. The van der Waals surface area contributed by atoms with Gasteiger partial charge >= 0.3 is 5.97 Å². The van der Waals surface area contributed by atoms with Crippen LogP contribution in [0.1, 0.15) is 89.2 Å². The molecule has 0 aliphatic carbocycles. The number of nitrogens with one attached hydrogen (secondary N) is 3. The summed E-state index contributed by atoms with van der Waals surface area (Å²) in [5, 5.41) is 35.4. The molecule has 3 aliphatic heterocycles. The van der Waals surface area contributed by atoms with Crippen LogP contribution in [0.3, 0.4) is 0 Å². The van der Waals surface area contributed by atoms with Gasteiger partial charge in [0.1, 0.15) is 0 Å². The van der Waals surface area contributed by atoms with E-state index in [1.54, 1.807) is 0 Å². The third-order valence-corrected chi connectivity index (χ3v) is 9.17. The Labute approximate surface area is 252 Å². The third kappa shape index (κ3) is 6.75. The maximum absolute atomic E-state index is 12.4. The smallest absolute Gasteiger partial charge is 0.303 e. The van der Waals surface area contributed by atoms with E-state index in [0.29, 0.717) is 31.4 Å². The first-order chi connectivity index (χ1) is 20.4. The van der Waals surface area contributed by atoms with Crippen molar-refractivity contribution in [2.45, 2.75) is 98.8 Å². The van der Waals surface area contributed by atoms with Crippen molar-refractivity contribution in [3.8, 4) is 0 Å². The maximum atomic E-state index is 12.4. The number of aliphatic imine (C=N–C) groups is 1. The van der Waals surface area contributed by atoms with Crippen LogP contribution < -0.4 is 10.6 Å². The zero-order chi connectivity index (χ0) is 31.6. The summed E-state index contributed by atoms with van der Waals surface area (Å²) in [7, 11) is 0. The topological polar surface area (TPSA) is 164 Å². The molecule has 0 saturated carbocycles. The van der Waals surface area contributed by atoms with Gasteiger partial charge in [-0.2, -0.15) is 0 Å². The summed E-state index contributed by atoms with van der Waals surface area (Å²) in [5.74, 6) is -1.08. The molecule has 0 aromatic carbocycles. The Balaban J connectivity index is 1.74. The summed E-state index contributed by atoms with van der Waals surface area (Å²) >= 11 is 0. The highest BCUT2D eigenvalue weighted by atomic mass is 16.5. The number of allylic oxidation sites excluding steroid dienone is 3. The Bertz CT molecular complexity index is 1470. The van der Waals surface area contributed by atoms with Crippen molar-refractivity contribution in [2.75, 3.05) is 0 Å². The molecule has 1 aromatic heterocycles. The predicted octanol–water partition coefficient (Wildman–Crippen LogP) is 3.99. The third-order valence-electron chi connectivity index (χ3n) is 9.17. The average molecular weight is 593 g/mol. The molecule has 43 heavy (non-hydrogen) atoms. The molecule has 0 bridgehead atoms. The highest BCUT2D eigenvalue weighted by molar-refractivity contribution is 6.19. The van der Waals surface area contributed by atoms with E-state index < -0.39 is 12.3 Å². The molecule has 4 rings (SSSR count). The molecule has 10 heteroatoms. The van der Waals surface area contributed by atoms with Crippen molar-refractivity contribution < 1.29 is 29.7 Å². The number of hydrogen-bond donors (Lipinski definition) is 6. The minimum absolute atomic E-state index is 0.0132. The molecule has 2 amide bonds. The zero-order valence-corrected chi connectivity index (χ0v) is 25.9. The maximum Gasteiger partial charge on any atom is 0.303 e. The molecular weight excluding hydrogens is 548 g/mol. The number of carbonyl (C=O) groups excluding carboxylic acids is 2. The summed E-state index contributed by atoms with van der Waals surface area (Å²) < 4.78 is 0. The number of carbonyl (C=O) groups is 3. The SMILES string of the molecule is CCC1=C(C)C(Cc2[nH]c(/C=C3\NC(/C=C4\NC(=O)[C@H](C)[C@H]4CC)C(C)=C3CCC(O)O)c(CCC(=O)O)c2C)=NC1=O. The summed E-state index contributed by atoms with van der Waals surface area (Å²) in [6.07, 6.45) is 5.28. The number of H-pyrrole nitrogens is 1. The molecule has 0 radical (unpaired) electrons. The molecule has 3 atom stereocenters. The molecule has 6 N–H and O–H groups in total. The van der Waals surface area contributed by atoms with Crippen molar-refractivity contribution in [3.05, 3.63) is 62.3 Å². The average Bonchev–Trinajstić information content (AvgIpc) is 3.59. The lowest BCUT2D eigenvalue weighted by Crippen LogP contribution is -2.24. The summed E-state index contributed by atoms with van der Waals surface area (Å²) in [4.78, 5) is 44.1. The molecule has 1 saturated heterocycles. The number of aliphatic carboxylic acids is 1. The van der Waals surface area contributed by atoms with Crippen molar-refractivity contribution >= 4 is 29.6 Å². The van der Waals surface area contributed by atoms with E-state index in [0.717, 1.165) is 62.6 Å². The first kappa shape index (κ1) is 32.2. The van der Waals surface area contributed by atoms with E-state index in [4.69, 9.17) is 0 Å². The second-order valence-electron chi connectivity index (χ2n) is 11.8. The van der Waals surface area contributed by atoms with Crippen molar-refractivity contribution in [1.82, 2.24) is 15.6 Å². The van der Waals surface area contributed by atoms with Crippen molar-refractivity contribution in [2.24, 2.45) is 16.8 Å². The van der Waals surface area contributed by atoms with E-state index >= 15 is 0 Å². The molecule has 0 spiro atoms. The Kier molecular flexibility index (Phi) is 9.92. The fraction of sp³-hybridized carbons (Fsp3) is 0.515. The standard InChI is InChI=1S/C33H44N4O6/c1-7-20-19(6)32(42)37-27(20)14-25-18(5)23(10-12-31(40)41)29(35-25)15-28-22(9-11-30(38)39)17(4)24(34-28)13-26-16(3)21(8-2)33(43)36-26/h14-15,19-20,25,31,34-35,40-41H,7-13H2,1-6H3,(H,37,42)(H,38,39)/b27-14-,29-15-/t19-,20-,25?/m1/s1. The van der Waals surface area contributed by atoms with Gasteiger partial charge < -0.3 is 30.9 Å². The summed E-state index contributed by atoms with van der Waals surface area (Å²) in [5.41, 5.74) is 9.41. The number of aromatic nitrogens is 1. The molecule has 10 nitrogen and oxygen atoms in total. The molecule has 1 aromatic rings. The van der Waals surface area contributed by atoms with Gasteiger partial charge in [-0.15, -0.1) is 0 Å². The number of amides is 2. The Morgan fingerprint density at radius 3 is 2.42 bits per heavy atom. The van der Waals surface area contributed by atoms with Crippen LogP contribution in [0.2, 0.25) is 0 Å². The minimum Gasteiger partial charge on any atom is -0.481 e. The fourth-order valence-electron chi connectivity index (χ4n) is 6.46. The van der Waals surface area contributed by atoms with Gasteiger partial charge in [0, 0.05) is 59.5 Å². The van der Waals surface area contributed by atoms with Crippen LogP contribution in [-0.4, -0.2) is 56.1 Å². The van der Waals surface area contributed by atoms with Crippen LogP contribution in [0.5, 0.6) is 0 Å². The molecular formula is C33H44N4O6. The number of nitrogens with zero attached hydrogens (tertiary/aromatic N) is 1. The van der Waals surface area contributed by atoms with Crippen molar-refractivity contribution in [3.63, 3.8) is 0 Å². The van der Waals surface area contributed by atoms with Gasteiger partial charge in [0.2, 0.25) is 5.91 Å². The van der Waals surface area contributed by atoms with Gasteiger partial charge in [-0.1, -0.05) is 20.8 Å². The largest absolute Gasteiger partial charge is 0.481 e. The van der Waals surface area contributed by atoms with Crippen LogP contribution in [0.15, 0.2) is 44.8 Å². The Hall–Kier alpha value is -3.76. The van der Waals surface area contributed by atoms with Crippen LogP contribution >= 0.6 is 0 Å². The van der Waals surface area contributed by atoms with Gasteiger partial charge in [0.15, 0.2) is 6.29 Å². The van der Waals surface area contributed by atoms with Crippen LogP contribution in [0.4, 0.5) is 0 Å². The monoisotopic (exact) mass is 592 g/mol.